The van der Waals surface area contributed by atoms with Gasteiger partial charge in [-0.25, -0.2) is 9.78 Å². The Hall–Kier alpha value is -3.87. The smallest absolute Gasteiger partial charge is 0.336 e. The molecule has 1 amide bonds. The number of ether oxygens (including phenoxy) is 1. The van der Waals surface area contributed by atoms with Crippen LogP contribution in [0.15, 0.2) is 82.5 Å². The Balaban J connectivity index is 1.37. The minimum Gasteiger partial charge on any atom is -0.484 e. The Morgan fingerprint density at radius 1 is 1.11 bits per heavy atom. The maximum absolute atomic E-state index is 12.1. The molecule has 0 aliphatic carbocycles. The maximum Gasteiger partial charge on any atom is 0.336 e. The van der Waals surface area contributed by atoms with Crippen LogP contribution in [0, 0.1) is 0 Å². The third-order valence-electron chi connectivity index (χ3n) is 3.92. The van der Waals surface area contributed by atoms with Crippen molar-refractivity contribution in [3.63, 3.8) is 0 Å². The molecule has 7 nitrogen and oxygen atoms in total. The number of nitrogens with one attached hydrogen (secondary N) is 1. The summed E-state index contributed by atoms with van der Waals surface area (Å²) in [6.45, 7) is -0.161. The molecular formula is C20H15N3O4. The van der Waals surface area contributed by atoms with E-state index >= 15 is 0 Å². The average Bonchev–Trinajstić information content (AvgIpc) is 3.21. The van der Waals surface area contributed by atoms with Crippen LogP contribution >= 0.6 is 0 Å². The Morgan fingerprint density at radius 3 is 2.70 bits per heavy atom. The molecule has 0 spiro atoms. The summed E-state index contributed by atoms with van der Waals surface area (Å²) in [5.74, 6) is 0.155. The summed E-state index contributed by atoms with van der Waals surface area (Å²) in [5, 5.41) is 3.55. The van der Waals surface area contributed by atoms with Gasteiger partial charge in [0.15, 0.2) is 6.61 Å². The van der Waals surface area contributed by atoms with Crippen LogP contribution < -0.4 is 15.7 Å². The van der Waals surface area contributed by atoms with Gasteiger partial charge in [-0.3, -0.25) is 4.79 Å². The fourth-order valence-corrected chi connectivity index (χ4v) is 2.61. The van der Waals surface area contributed by atoms with E-state index in [2.05, 4.69) is 10.3 Å². The Labute approximate surface area is 153 Å². The number of amides is 1. The summed E-state index contributed by atoms with van der Waals surface area (Å²) in [6, 6.07) is 15.5. The fourth-order valence-electron chi connectivity index (χ4n) is 2.61. The lowest BCUT2D eigenvalue weighted by molar-refractivity contribution is -0.118. The van der Waals surface area contributed by atoms with Crippen molar-refractivity contribution in [3.8, 4) is 11.4 Å². The number of carbonyl (C=O) groups is 1. The minimum atomic E-state index is -0.434. The molecule has 134 valence electrons. The van der Waals surface area contributed by atoms with E-state index in [0.717, 1.165) is 11.1 Å². The summed E-state index contributed by atoms with van der Waals surface area (Å²) in [7, 11) is 0. The maximum atomic E-state index is 12.1. The van der Waals surface area contributed by atoms with Gasteiger partial charge in [0.25, 0.3) is 5.91 Å². The fraction of sp³-hybridized carbons (Fsp3) is 0.0500. The molecule has 0 saturated carbocycles. The molecule has 4 rings (SSSR count). The van der Waals surface area contributed by atoms with Gasteiger partial charge in [0.2, 0.25) is 0 Å². The van der Waals surface area contributed by atoms with Gasteiger partial charge < -0.3 is 19.0 Å². The molecule has 27 heavy (non-hydrogen) atoms. The van der Waals surface area contributed by atoms with E-state index in [1.165, 1.54) is 6.07 Å². The zero-order chi connectivity index (χ0) is 18.6. The van der Waals surface area contributed by atoms with Crippen molar-refractivity contribution in [3.05, 3.63) is 83.7 Å². The van der Waals surface area contributed by atoms with Crippen LogP contribution in [0.4, 0.5) is 5.69 Å². The van der Waals surface area contributed by atoms with Gasteiger partial charge in [-0.2, -0.15) is 0 Å². The van der Waals surface area contributed by atoms with Crippen molar-refractivity contribution in [2.75, 3.05) is 11.9 Å². The van der Waals surface area contributed by atoms with E-state index in [0.29, 0.717) is 17.0 Å². The van der Waals surface area contributed by atoms with E-state index in [1.807, 2.05) is 22.9 Å². The SMILES string of the molecule is O=C(COc1ccc2ccc(=O)oc2c1)Nc1ccc(-n2ccnc2)cc1. The number of hydrogen-bond acceptors (Lipinski definition) is 5. The van der Waals surface area contributed by atoms with Crippen LogP contribution in [0.1, 0.15) is 0 Å². The zero-order valence-corrected chi connectivity index (χ0v) is 14.2. The van der Waals surface area contributed by atoms with Gasteiger partial charge in [-0.15, -0.1) is 0 Å². The lowest BCUT2D eigenvalue weighted by Crippen LogP contribution is -2.20. The third kappa shape index (κ3) is 3.87. The first-order valence-corrected chi connectivity index (χ1v) is 8.22. The molecule has 7 heteroatoms. The van der Waals surface area contributed by atoms with Crippen molar-refractivity contribution < 1.29 is 13.9 Å². The minimum absolute atomic E-state index is 0.161. The van der Waals surface area contributed by atoms with Crippen LogP contribution in [-0.2, 0) is 4.79 Å². The van der Waals surface area contributed by atoms with E-state index in [1.54, 1.807) is 48.9 Å². The predicted octanol–water partition coefficient (Wildman–Crippen LogP) is 3.00. The van der Waals surface area contributed by atoms with Crippen molar-refractivity contribution in [1.29, 1.82) is 0 Å². The van der Waals surface area contributed by atoms with Crippen molar-refractivity contribution in [2.24, 2.45) is 0 Å². The van der Waals surface area contributed by atoms with Gasteiger partial charge in [0, 0.05) is 41.3 Å². The molecular weight excluding hydrogens is 346 g/mol. The molecule has 0 bridgehead atoms. The van der Waals surface area contributed by atoms with Gasteiger partial charge >= 0.3 is 5.63 Å². The standard InChI is InChI=1S/C20H15N3O4/c24-19(22-15-3-5-16(6-4-15)23-10-9-21-13-23)12-26-17-7-1-14-2-8-20(25)27-18(14)11-17/h1-11,13H,12H2,(H,22,24). The number of fused-ring (bicyclic) bond motifs is 1. The number of nitrogens with zero attached hydrogens (tertiary/aromatic N) is 2. The summed E-state index contributed by atoms with van der Waals surface area (Å²) in [6.07, 6.45) is 5.24. The second-order valence-electron chi connectivity index (χ2n) is 5.81. The molecule has 1 N–H and O–H groups in total. The highest BCUT2D eigenvalue weighted by atomic mass is 16.5. The predicted molar refractivity (Wildman–Crippen MR) is 100 cm³/mol. The molecule has 0 atom stereocenters. The molecule has 4 aromatic rings. The highest BCUT2D eigenvalue weighted by Crippen LogP contribution is 2.19. The normalized spacial score (nSPS) is 10.7. The molecule has 0 unspecified atom stereocenters. The van der Waals surface area contributed by atoms with Gasteiger partial charge in [0.05, 0.1) is 6.33 Å². The summed E-state index contributed by atoms with van der Waals surface area (Å²) >= 11 is 0. The van der Waals surface area contributed by atoms with Gasteiger partial charge in [-0.1, -0.05) is 0 Å². The van der Waals surface area contributed by atoms with E-state index in [9.17, 15) is 9.59 Å². The summed E-state index contributed by atoms with van der Waals surface area (Å²) in [5.41, 5.74) is 1.59. The molecule has 2 aromatic carbocycles. The second kappa shape index (κ2) is 7.17. The molecule has 0 fully saturated rings. The molecule has 0 aliphatic heterocycles. The van der Waals surface area contributed by atoms with Crippen molar-refractivity contribution in [1.82, 2.24) is 9.55 Å². The van der Waals surface area contributed by atoms with E-state index in [4.69, 9.17) is 9.15 Å². The summed E-state index contributed by atoms with van der Waals surface area (Å²) in [4.78, 5) is 27.4. The van der Waals surface area contributed by atoms with Gasteiger partial charge in [-0.05, 0) is 42.5 Å². The van der Waals surface area contributed by atoms with Crippen LogP contribution in [-0.4, -0.2) is 22.1 Å². The second-order valence-corrected chi connectivity index (χ2v) is 5.81. The molecule has 0 saturated heterocycles. The number of rotatable bonds is 5. The quantitative estimate of drug-likeness (QED) is 0.552. The van der Waals surface area contributed by atoms with Crippen molar-refractivity contribution in [2.45, 2.75) is 0 Å². The molecule has 0 aliphatic rings. The number of anilines is 1. The van der Waals surface area contributed by atoms with Crippen LogP contribution in [0.25, 0.3) is 16.7 Å². The Morgan fingerprint density at radius 2 is 1.93 bits per heavy atom. The summed E-state index contributed by atoms with van der Waals surface area (Å²) < 4.78 is 12.5. The first-order valence-electron chi connectivity index (χ1n) is 8.22. The van der Waals surface area contributed by atoms with Crippen molar-refractivity contribution >= 4 is 22.6 Å². The Bertz CT molecular complexity index is 1130. The zero-order valence-electron chi connectivity index (χ0n) is 14.2. The number of aromatic nitrogens is 2. The Kier molecular flexibility index (Phi) is 4.40. The largest absolute Gasteiger partial charge is 0.484 e. The first-order chi connectivity index (χ1) is 13.2. The average molecular weight is 361 g/mol. The number of benzene rings is 2. The topological polar surface area (TPSA) is 86.4 Å². The number of carbonyl (C=O) groups excluding carboxylic acids is 1. The van der Waals surface area contributed by atoms with E-state index < -0.39 is 5.63 Å². The highest BCUT2D eigenvalue weighted by molar-refractivity contribution is 5.92. The van der Waals surface area contributed by atoms with Crippen LogP contribution in [0.5, 0.6) is 5.75 Å². The number of hydrogen-bond donors (Lipinski definition) is 1. The lowest BCUT2D eigenvalue weighted by Gasteiger charge is -2.09. The molecule has 0 radical (unpaired) electrons. The lowest BCUT2D eigenvalue weighted by atomic mass is 10.2. The highest BCUT2D eigenvalue weighted by Gasteiger charge is 2.06. The van der Waals surface area contributed by atoms with E-state index in [-0.39, 0.29) is 12.5 Å². The van der Waals surface area contributed by atoms with Crippen LogP contribution in [0.2, 0.25) is 0 Å². The number of imidazole rings is 1. The molecule has 2 heterocycles. The monoisotopic (exact) mass is 361 g/mol. The third-order valence-corrected chi connectivity index (χ3v) is 3.92. The molecule has 2 aromatic heterocycles. The first kappa shape index (κ1) is 16.6. The van der Waals surface area contributed by atoms with Crippen LogP contribution in [0.3, 0.4) is 0 Å². The van der Waals surface area contributed by atoms with Gasteiger partial charge in [0.1, 0.15) is 11.3 Å².